The van der Waals surface area contributed by atoms with Crippen molar-refractivity contribution >= 4 is 148 Å². The maximum absolute atomic E-state index is 11.1. The molecule has 0 radical (unpaired) electrons. The number of benzene rings is 3. The normalized spacial score (nSPS) is 29.1. The van der Waals surface area contributed by atoms with Gasteiger partial charge in [-0.15, -0.1) is 0 Å². The van der Waals surface area contributed by atoms with Gasteiger partial charge >= 0.3 is 0 Å². The van der Waals surface area contributed by atoms with Gasteiger partial charge in [-0.05, 0) is 198 Å². The van der Waals surface area contributed by atoms with E-state index in [1.807, 2.05) is 126 Å². The summed E-state index contributed by atoms with van der Waals surface area (Å²) in [5.41, 5.74) is 9.41. The molecule has 21 nitrogen and oxygen atoms in total. The Labute approximate surface area is 626 Å². The molecule has 6 N–H and O–H groups in total. The Morgan fingerprint density at radius 2 is 0.686 bits per heavy atom. The molecule has 3 aromatic carbocycles. The lowest BCUT2D eigenvalue weighted by atomic mass is 9.80. The fourth-order valence-corrected chi connectivity index (χ4v) is 18.7. The predicted molar refractivity (Wildman–Crippen MR) is 399 cm³/mol. The maximum atomic E-state index is 11.1. The molecular weight excluding hydrogens is 1560 g/mol. The minimum atomic E-state index is -0.890. The van der Waals surface area contributed by atoms with Gasteiger partial charge in [-0.25, -0.2) is 44.9 Å². The molecule has 0 unspecified atom stereocenters. The molecule has 102 heavy (non-hydrogen) atoms. The minimum absolute atomic E-state index is 0.0463. The average Bonchev–Trinajstić information content (AvgIpc) is 1.59. The molecule has 27 heteroatoms. The van der Waals surface area contributed by atoms with E-state index in [-0.39, 0.29) is 36.4 Å². The molecule has 12 aromatic rings. The highest BCUT2D eigenvalue weighted by Crippen LogP contribution is 2.55. The van der Waals surface area contributed by atoms with Crippen LogP contribution in [0, 0.1) is 37.0 Å². The Bertz CT molecular complexity index is 4740. The second-order valence-electron chi connectivity index (χ2n) is 28.9. The SMILES string of the molecule is Cc1ncnc2c1ccn2[C@@H]1C[C@@]2(CO[C@@H](Cc3ccc4cc(Br)c(Cl)nc4c3)C2)[C@@H](O)[C@H]1O.Cc1ncnc2c1ccn2[C@@H]1C[C@@]2(CO[C@H](Cc3ccc4cc(Br)c(Cl)nc4c3)C2)[C@@H](O)[C@H]1O.Cc1ncnc2c1ccn2[C@@H]1C[C@@]2(CO[C@H](Cc3ccc4cc(Br)c(Cl)nc4c3)C2)[C@@H](O)[C@H]1O. The van der Waals surface area contributed by atoms with E-state index in [2.05, 4.69) is 111 Å². The summed E-state index contributed by atoms with van der Waals surface area (Å²) in [6, 6.07) is 29.5. The van der Waals surface area contributed by atoms with Gasteiger partial charge in [-0.1, -0.05) is 71.2 Å². The van der Waals surface area contributed by atoms with Crippen LogP contribution >= 0.6 is 82.6 Å². The number of pyridine rings is 3. The van der Waals surface area contributed by atoms with Gasteiger partial charge < -0.3 is 58.6 Å². The molecule has 12 heterocycles. The van der Waals surface area contributed by atoms with Crippen LogP contribution in [0.15, 0.2) is 142 Å². The lowest BCUT2D eigenvalue weighted by Gasteiger charge is -2.26. The van der Waals surface area contributed by atoms with E-state index >= 15 is 0 Å². The van der Waals surface area contributed by atoms with Crippen molar-refractivity contribution in [3.63, 3.8) is 0 Å². The molecule has 528 valence electrons. The van der Waals surface area contributed by atoms with Crippen molar-refractivity contribution in [2.45, 2.75) is 152 Å². The van der Waals surface area contributed by atoms with Crippen LogP contribution in [0.25, 0.3) is 65.8 Å². The van der Waals surface area contributed by atoms with Crippen molar-refractivity contribution in [1.82, 2.24) is 58.6 Å². The van der Waals surface area contributed by atoms with E-state index in [1.165, 1.54) is 0 Å². The molecule has 9 aromatic heterocycles. The number of ether oxygens (including phenoxy) is 3. The lowest BCUT2D eigenvalue weighted by molar-refractivity contribution is -0.0308. The molecule has 3 spiro atoms. The smallest absolute Gasteiger partial charge is 0.143 e. The van der Waals surface area contributed by atoms with Gasteiger partial charge in [0.25, 0.3) is 0 Å². The summed E-state index contributed by atoms with van der Waals surface area (Å²) in [6.07, 6.45) is 11.1. The second-order valence-corrected chi connectivity index (χ2v) is 32.5. The number of aryl methyl sites for hydroxylation is 3. The van der Waals surface area contributed by atoms with Crippen LogP contribution in [0.4, 0.5) is 0 Å². The van der Waals surface area contributed by atoms with Crippen LogP contribution in [-0.4, -0.2) is 164 Å². The number of aromatic nitrogens is 12. The van der Waals surface area contributed by atoms with Crippen molar-refractivity contribution in [2.75, 3.05) is 19.8 Å². The molecule has 0 amide bonds. The van der Waals surface area contributed by atoms with E-state index in [9.17, 15) is 30.6 Å². The van der Waals surface area contributed by atoms with Gasteiger partial charge in [0.2, 0.25) is 0 Å². The van der Waals surface area contributed by atoms with Gasteiger partial charge in [0, 0.05) is 67.2 Å². The summed E-state index contributed by atoms with van der Waals surface area (Å²) in [4.78, 5) is 39.5. The Kier molecular flexibility index (Phi) is 18.9. The minimum Gasteiger partial charge on any atom is -0.390 e. The van der Waals surface area contributed by atoms with Crippen LogP contribution in [0.1, 0.15) is 90.4 Å². The topological polar surface area (TPSA) is 280 Å². The third-order valence-corrected chi connectivity index (χ3v) is 25.9. The molecule has 0 bridgehead atoms. The van der Waals surface area contributed by atoms with E-state index in [4.69, 9.17) is 49.0 Å². The Morgan fingerprint density at radius 3 is 0.971 bits per heavy atom. The maximum Gasteiger partial charge on any atom is 0.143 e. The zero-order valence-corrected chi connectivity index (χ0v) is 62.6. The monoisotopic (exact) mass is 1630 g/mol. The van der Waals surface area contributed by atoms with E-state index in [0.29, 0.717) is 93.1 Å². The predicted octanol–water partition coefficient (Wildman–Crippen LogP) is 13.2. The van der Waals surface area contributed by atoms with Crippen LogP contribution in [-0.2, 0) is 33.5 Å². The number of nitrogens with zero attached hydrogens (tertiary/aromatic N) is 12. The van der Waals surface area contributed by atoms with Crippen molar-refractivity contribution in [1.29, 1.82) is 0 Å². The third kappa shape index (κ3) is 12.7. The fourth-order valence-electron chi connectivity index (χ4n) is 17.2. The first-order valence-electron chi connectivity index (χ1n) is 34.1. The first-order valence-corrected chi connectivity index (χ1v) is 37.6. The molecule has 3 aliphatic carbocycles. The van der Waals surface area contributed by atoms with E-state index < -0.39 is 52.9 Å². The molecule has 3 saturated heterocycles. The number of rotatable bonds is 9. The molecule has 15 atom stereocenters. The van der Waals surface area contributed by atoms with Gasteiger partial charge in [0.1, 0.15) is 69.7 Å². The summed E-state index contributed by atoms with van der Waals surface area (Å²) >= 11 is 28.8. The number of fused-ring (bicyclic) bond motifs is 6. The average molecular weight is 1630 g/mol. The quantitative estimate of drug-likeness (QED) is 0.0733. The number of hydrogen-bond acceptors (Lipinski definition) is 18. The third-order valence-electron chi connectivity index (χ3n) is 22.6. The summed E-state index contributed by atoms with van der Waals surface area (Å²) in [7, 11) is 0. The summed E-state index contributed by atoms with van der Waals surface area (Å²) in [6.45, 7) is 7.10. The standard InChI is InChI=1S/3C25H24BrClN4O3/c3*1-13-17-4-5-31(24(17)29-12-28-13)20-10-25(22(33)21(20)32)9-16(34-11-25)6-14-2-3-15-8-18(26)23(27)30-19(15)7-14/h3*2-5,7-8,12,16,20-22,32-33H,6,9-11H2,1H3/t16-,20+,21-,22-,25-;2*16-,20-,21+,22+,25+/m011/s1. The van der Waals surface area contributed by atoms with Crippen LogP contribution in [0.3, 0.4) is 0 Å². The second kappa shape index (κ2) is 27.6. The molecule has 3 saturated carbocycles. The van der Waals surface area contributed by atoms with Gasteiger partial charge in [0.05, 0.1) is 122 Å². The Balaban J connectivity index is 0.000000118. The summed E-state index contributed by atoms with van der Waals surface area (Å²) < 4.78 is 26.8. The van der Waals surface area contributed by atoms with Crippen molar-refractivity contribution in [3.05, 3.63) is 191 Å². The van der Waals surface area contributed by atoms with Crippen molar-refractivity contribution in [3.8, 4) is 0 Å². The zero-order chi connectivity index (χ0) is 70.8. The number of aliphatic hydroxyl groups is 6. The number of aliphatic hydroxyl groups excluding tert-OH is 6. The fraction of sp³-hybridized carbons (Fsp3) is 0.400. The summed E-state index contributed by atoms with van der Waals surface area (Å²) in [5, 5.41) is 73.7. The van der Waals surface area contributed by atoms with Gasteiger partial charge in [-0.2, -0.15) is 0 Å². The van der Waals surface area contributed by atoms with E-state index in [0.717, 1.165) is 113 Å². The van der Waals surface area contributed by atoms with Crippen molar-refractivity contribution < 1.29 is 44.8 Å². The molecular formula is C75H72Br3Cl3N12O9. The van der Waals surface area contributed by atoms with Gasteiger partial charge in [-0.3, -0.25) is 0 Å². The number of hydrogen-bond donors (Lipinski definition) is 6. The highest BCUT2D eigenvalue weighted by Gasteiger charge is 2.60. The molecule has 6 fully saturated rings. The van der Waals surface area contributed by atoms with E-state index in [1.54, 1.807) is 19.0 Å². The number of halogens is 6. The van der Waals surface area contributed by atoms with Crippen LogP contribution in [0.2, 0.25) is 15.5 Å². The first-order chi connectivity index (χ1) is 49.0. The Morgan fingerprint density at radius 1 is 0.402 bits per heavy atom. The van der Waals surface area contributed by atoms with Crippen LogP contribution in [0.5, 0.6) is 0 Å². The van der Waals surface area contributed by atoms with Gasteiger partial charge in [0.15, 0.2) is 0 Å². The molecule has 3 aliphatic heterocycles. The largest absolute Gasteiger partial charge is 0.390 e. The summed E-state index contributed by atoms with van der Waals surface area (Å²) in [5.74, 6) is 0. The highest BCUT2D eigenvalue weighted by atomic mass is 79.9. The highest BCUT2D eigenvalue weighted by molar-refractivity contribution is 9.11. The Hall–Kier alpha value is -6.30. The first kappa shape index (κ1) is 70.0. The van der Waals surface area contributed by atoms with Crippen molar-refractivity contribution in [2.24, 2.45) is 16.2 Å². The molecule has 18 rings (SSSR count). The molecule has 6 aliphatic rings. The zero-order valence-electron chi connectivity index (χ0n) is 55.6. The lowest BCUT2D eigenvalue weighted by Crippen LogP contribution is -2.37. The van der Waals surface area contributed by atoms with Crippen LogP contribution < -0.4 is 0 Å².